The van der Waals surface area contributed by atoms with Gasteiger partial charge < -0.3 is 15.4 Å². The van der Waals surface area contributed by atoms with E-state index in [1.165, 1.54) is 42.1 Å². The zero-order chi connectivity index (χ0) is 31.2. The molecule has 0 bridgehead atoms. The predicted molar refractivity (Wildman–Crippen MR) is 174 cm³/mol. The van der Waals surface area contributed by atoms with Crippen LogP contribution < -0.4 is 15.4 Å². The quantitative estimate of drug-likeness (QED) is 0.136. The van der Waals surface area contributed by atoms with Crippen LogP contribution >= 0.6 is 22.9 Å². The molecule has 0 aliphatic rings. The fourth-order valence-corrected chi connectivity index (χ4v) is 6.64. The number of nitrogens with one attached hydrogen (secondary N) is 2. The molecule has 45 heavy (non-hydrogen) atoms. The molecule has 0 unspecified atom stereocenters. The number of sulfone groups is 1. The number of anilines is 2. The Morgan fingerprint density at radius 1 is 0.956 bits per heavy atom. The van der Waals surface area contributed by atoms with E-state index in [0.717, 1.165) is 27.2 Å². The molecule has 3 heterocycles. The van der Waals surface area contributed by atoms with Crippen LogP contribution in [0.4, 0.5) is 15.9 Å². The Morgan fingerprint density at radius 3 is 2.69 bits per heavy atom. The first-order chi connectivity index (χ1) is 21.8. The summed E-state index contributed by atoms with van der Waals surface area (Å²) in [7, 11) is -3.45. The number of thiazole rings is 1. The van der Waals surface area contributed by atoms with E-state index in [1.54, 1.807) is 36.4 Å². The van der Waals surface area contributed by atoms with Gasteiger partial charge >= 0.3 is 0 Å². The van der Waals surface area contributed by atoms with E-state index >= 15 is 0 Å². The molecule has 2 N–H and O–H groups in total. The first kappa shape index (κ1) is 30.5. The van der Waals surface area contributed by atoms with E-state index in [4.69, 9.17) is 21.3 Å². The normalized spacial score (nSPS) is 11.5. The van der Waals surface area contributed by atoms with E-state index in [0.29, 0.717) is 34.4 Å². The zero-order valence-electron chi connectivity index (χ0n) is 23.7. The van der Waals surface area contributed by atoms with Crippen LogP contribution in [0.2, 0.25) is 5.02 Å². The highest BCUT2D eigenvalue weighted by atomic mass is 35.5. The van der Waals surface area contributed by atoms with Crippen molar-refractivity contribution in [3.05, 3.63) is 118 Å². The van der Waals surface area contributed by atoms with Crippen LogP contribution in [-0.4, -0.2) is 40.7 Å². The largest absolute Gasteiger partial charge is 0.487 e. The van der Waals surface area contributed by atoms with Crippen molar-refractivity contribution < 1.29 is 17.5 Å². The van der Waals surface area contributed by atoms with Gasteiger partial charge in [-0.25, -0.2) is 32.7 Å². The highest BCUT2D eigenvalue weighted by Gasteiger charge is 2.15. The van der Waals surface area contributed by atoms with Crippen LogP contribution in [0, 0.1) is 5.82 Å². The standard InChI is InChI=1S/C32H26ClFN6O3S2/c33-26-16-24(8-10-29(26)43-18-21-4-3-5-23(34)14-21)39-32-25-15-22(7-9-27(25)37-20-38-32)28-19-44-30(40-28)17-35-12-13-45(41,42)31-6-1-2-11-36-31/h1-11,14-16,19-20,35H,12-13,17-18H2,(H,37,38,39). The molecule has 6 rings (SSSR count). The Morgan fingerprint density at radius 2 is 1.87 bits per heavy atom. The summed E-state index contributed by atoms with van der Waals surface area (Å²) in [5.74, 6) is 0.693. The van der Waals surface area contributed by atoms with Crippen molar-refractivity contribution in [3.8, 4) is 17.0 Å². The SMILES string of the molecule is O=S(=O)(CCNCc1nc(-c2ccc3ncnc(Nc4ccc(OCc5cccc(F)c5)c(Cl)c4)c3c2)cs1)c1ccccn1. The lowest BCUT2D eigenvalue weighted by Crippen LogP contribution is -2.23. The second-order valence-electron chi connectivity index (χ2n) is 9.93. The van der Waals surface area contributed by atoms with Crippen LogP contribution in [0.1, 0.15) is 10.6 Å². The number of rotatable bonds is 12. The molecule has 0 atom stereocenters. The zero-order valence-corrected chi connectivity index (χ0v) is 26.0. The van der Waals surface area contributed by atoms with Crippen LogP contribution in [0.25, 0.3) is 22.2 Å². The fraction of sp³-hybridized carbons (Fsp3) is 0.125. The third-order valence-electron chi connectivity index (χ3n) is 6.74. The number of halogens is 2. The van der Waals surface area contributed by atoms with Crippen LogP contribution in [0.5, 0.6) is 5.75 Å². The average Bonchev–Trinajstić information content (AvgIpc) is 3.52. The third kappa shape index (κ3) is 7.60. The molecule has 0 aliphatic heterocycles. The van der Waals surface area contributed by atoms with E-state index in [1.807, 2.05) is 29.6 Å². The molecular formula is C32H26ClFN6O3S2. The Labute approximate surface area is 268 Å². The van der Waals surface area contributed by atoms with Crippen LogP contribution in [-0.2, 0) is 23.0 Å². The number of pyridine rings is 1. The molecule has 0 saturated carbocycles. The van der Waals surface area contributed by atoms with E-state index in [2.05, 4.69) is 25.6 Å². The minimum Gasteiger partial charge on any atom is -0.487 e. The minimum absolute atomic E-state index is 0.0570. The van der Waals surface area contributed by atoms with Gasteiger partial charge in [-0.2, -0.15) is 0 Å². The van der Waals surface area contributed by atoms with Gasteiger partial charge in [0, 0.05) is 41.3 Å². The summed E-state index contributed by atoms with van der Waals surface area (Å²) in [5.41, 5.74) is 3.84. The predicted octanol–water partition coefficient (Wildman–Crippen LogP) is 6.83. The van der Waals surface area contributed by atoms with Crippen molar-refractivity contribution in [1.82, 2.24) is 25.3 Å². The van der Waals surface area contributed by atoms with Gasteiger partial charge in [-0.05, 0) is 60.2 Å². The third-order valence-corrected chi connectivity index (χ3v) is 9.51. The van der Waals surface area contributed by atoms with Gasteiger partial charge in [0.2, 0.25) is 0 Å². The van der Waals surface area contributed by atoms with Crippen molar-refractivity contribution >= 4 is 55.2 Å². The number of ether oxygens (including phenoxy) is 1. The fourth-order valence-electron chi connectivity index (χ4n) is 4.50. The smallest absolute Gasteiger partial charge is 0.196 e. The Balaban J connectivity index is 1.11. The van der Waals surface area contributed by atoms with Crippen molar-refractivity contribution in [2.45, 2.75) is 18.2 Å². The summed E-state index contributed by atoms with van der Waals surface area (Å²) in [5, 5.41) is 10.5. The van der Waals surface area contributed by atoms with Crippen LogP contribution in [0.15, 0.2) is 102 Å². The van der Waals surface area contributed by atoms with E-state index in [9.17, 15) is 12.8 Å². The van der Waals surface area contributed by atoms with E-state index < -0.39 is 9.84 Å². The van der Waals surface area contributed by atoms with Gasteiger partial charge in [-0.15, -0.1) is 11.3 Å². The lowest BCUT2D eigenvalue weighted by atomic mass is 10.1. The molecule has 3 aromatic heterocycles. The number of fused-ring (bicyclic) bond motifs is 1. The molecule has 0 amide bonds. The summed E-state index contributed by atoms with van der Waals surface area (Å²) >= 11 is 7.99. The second kappa shape index (κ2) is 13.7. The summed E-state index contributed by atoms with van der Waals surface area (Å²) in [6.45, 7) is 0.904. The van der Waals surface area contributed by atoms with Gasteiger partial charge in [0.15, 0.2) is 14.9 Å². The van der Waals surface area contributed by atoms with Gasteiger partial charge in [0.25, 0.3) is 0 Å². The van der Waals surface area contributed by atoms with Crippen molar-refractivity contribution in [1.29, 1.82) is 0 Å². The molecule has 0 saturated heterocycles. The molecule has 3 aromatic carbocycles. The topological polar surface area (TPSA) is 119 Å². The summed E-state index contributed by atoms with van der Waals surface area (Å²) < 4.78 is 44.2. The number of benzene rings is 3. The highest BCUT2D eigenvalue weighted by Crippen LogP contribution is 2.32. The van der Waals surface area contributed by atoms with Gasteiger partial charge in [0.05, 0.1) is 22.0 Å². The molecule has 0 aliphatic carbocycles. The minimum atomic E-state index is -3.45. The first-order valence-electron chi connectivity index (χ1n) is 13.8. The second-order valence-corrected chi connectivity index (χ2v) is 13.3. The maximum Gasteiger partial charge on any atom is 0.196 e. The first-order valence-corrected chi connectivity index (χ1v) is 16.7. The number of aromatic nitrogens is 4. The molecule has 0 spiro atoms. The summed E-state index contributed by atoms with van der Waals surface area (Å²) in [4.78, 5) is 17.5. The number of hydrogen-bond donors (Lipinski definition) is 2. The Hall–Kier alpha value is -4.49. The molecule has 9 nitrogen and oxygen atoms in total. The Bertz CT molecular complexity index is 2060. The number of nitrogens with zero attached hydrogens (tertiary/aromatic N) is 4. The van der Waals surface area contributed by atoms with Crippen molar-refractivity contribution in [2.24, 2.45) is 0 Å². The summed E-state index contributed by atoms with van der Waals surface area (Å²) in [6, 6.07) is 22.2. The van der Waals surface area contributed by atoms with Gasteiger partial charge in [-0.3, -0.25) is 0 Å². The highest BCUT2D eigenvalue weighted by molar-refractivity contribution is 7.91. The summed E-state index contributed by atoms with van der Waals surface area (Å²) in [6.07, 6.45) is 2.96. The average molecular weight is 661 g/mol. The monoisotopic (exact) mass is 660 g/mol. The molecule has 0 fully saturated rings. The van der Waals surface area contributed by atoms with Gasteiger partial charge in [-0.1, -0.05) is 35.9 Å². The van der Waals surface area contributed by atoms with E-state index in [-0.39, 0.29) is 29.7 Å². The van der Waals surface area contributed by atoms with Crippen molar-refractivity contribution in [3.63, 3.8) is 0 Å². The molecular weight excluding hydrogens is 635 g/mol. The Kier molecular flexibility index (Phi) is 9.26. The number of hydrogen-bond acceptors (Lipinski definition) is 10. The molecule has 13 heteroatoms. The maximum absolute atomic E-state index is 13.5. The lowest BCUT2D eigenvalue weighted by molar-refractivity contribution is 0.306. The lowest BCUT2D eigenvalue weighted by Gasteiger charge is -2.12. The van der Waals surface area contributed by atoms with Gasteiger partial charge in [0.1, 0.15) is 35.3 Å². The van der Waals surface area contributed by atoms with Crippen molar-refractivity contribution in [2.75, 3.05) is 17.6 Å². The molecule has 0 radical (unpaired) electrons. The molecule has 6 aromatic rings. The van der Waals surface area contributed by atoms with Crippen LogP contribution in [0.3, 0.4) is 0 Å². The maximum atomic E-state index is 13.5. The molecule has 228 valence electrons.